The van der Waals surface area contributed by atoms with Gasteiger partial charge in [-0.05, 0) is 6.42 Å². The average Bonchev–Trinajstić information content (AvgIpc) is 2.55. The van der Waals surface area contributed by atoms with Crippen LogP contribution >= 0.6 is 0 Å². The molecule has 0 aromatic carbocycles. The third-order valence-electron chi connectivity index (χ3n) is 2.53. The second kappa shape index (κ2) is 2.58. The summed E-state index contributed by atoms with van der Waals surface area (Å²) in [7, 11) is 0. The maximum absolute atomic E-state index is 11.2. The molecule has 0 aromatic heterocycles. The van der Waals surface area contributed by atoms with E-state index in [1.807, 2.05) is 6.92 Å². The highest BCUT2D eigenvalue weighted by molar-refractivity contribution is 5.97. The summed E-state index contributed by atoms with van der Waals surface area (Å²) in [6.07, 6.45) is -0.288. The topological polar surface area (TPSA) is 52.6 Å². The first-order chi connectivity index (χ1) is 6.15. The van der Waals surface area contributed by atoms with Crippen LogP contribution in [0.1, 0.15) is 13.3 Å². The maximum Gasteiger partial charge on any atom is 0.348 e. The Labute approximate surface area is 75.5 Å². The van der Waals surface area contributed by atoms with Gasteiger partial charge in [0.05, 0.1) is 5.92 Å². The van der Waals surface area contributed by atoms with Gasteiger partial charge in [0.25, 0.3) is 0 Å². The summed E-state index contributed by atoms with van der Waals surface area (Å²) >= 11 is 0. The molecule has 2 saturated heterocycles. The number of esters is 2. The third-order valence-corrected chi connectivity index (χ3v) is 2.53. The van der Waals surface area contributed by atoms with Crippen molar-refractivity contribution in [1.29, 1.82) is 0 Å². The molecule has 2 aliphatic rings. The van der Waals surface area contributed by atoms with E-state index in [0.29, 0.717) is 12.0 Å². The maximum atomic E-state index is 11.2. The molecule has 2 heterocycles. The summed E-state index contributed by atoms with van der Waals surface area (Å²) in [5, 5.41) is 0. The lowest BCUT2D eigenvalue weighted by Crippen LogP contribution is -2.21. The van der Waals surface area contributed by atoms with E-state index in [1.54, 1.807) is 0 Å². The lowest BCUT2D eigenvalue weighted by atomic mass is 9.92. The lowest BCUT2D eigenvalue weighted by Gasteiger charge is -2.11. The van der Waals surface area contributed by atoms with E-state index in [0.717, 1.165) is 0 Å². The fourth-order valence-electron chi connectivity index (χ4n) is 1.82. The fourth-order valence-corrected chi connectivity index (χ4v) is 1.82. The Morgan fingerprint density at radius 1 is 1.38 bits per heavy atom. The predicted molar refractivity (Wildman–Crippen MR) is 42.7 cm³/mol. The van der Waals surface area contributed by atoms with Crippen LogP contribution in [0.4, 0.5) is 0 Å². The Hall–Kier alpha value is -1.32. The Balaban J connectivity index is 2.31. The minimum atomic E-state index is -0.732. The first-order valence-corrected chi connectivity index (χ1v) is 4.25. The van der Waals surface area contributed by atoms with Crippen molar-refractivity contribution >= 4 is 11.9 Å². The molecule has 4 heteroatoms. The first-order valence-electron chi connectivity index (χ1n) is 4.25. The Bertz CT molecular complexity index is 294. The second-order valence-corrected chi connectivity index (χ2v) is 3.26. The van der Waals surface area contributed by atoms with Crippen LogP contribution in [0, 0.1) is 5.92 Å². The Morgan fingerprint density at radius 3 is 2.69 bits per heavy atom. The van der Waals surface area contributed by atoms with Crippen LogP contribution in [0.2, 0.25) is 0 Å². The molecule has 4 nitrogen and oxygen atoms in total. The minimum absolute atomic E-state index is 0.239. The molecular weight excluding hydrogens is 172 g/mol. The van der Waals surface area contributed by atoms with Crippen molar-refractivity contribution in [2.24, 2.45) is 5.92 Å². The average molecular weight is 182 g/mol. The van der Waals surface area contributed by atoms with Gasteiger partial charge >= 0.3 is 11.9 Å². The number of hydrogen-bond acceptors (Lipinski definition) is 4. The number of hydrogen-bond donors (Lipinski definition) is 0. The Kier molecular flexibility index (Phi) is 1.65. The summed E-state index contributed by atoms with van der Waals surface area (Å²) in [4.78, 5) is 22.2. The largest absolute Gasteiger partial charge is 0.459 e. The van der Waals surface area contributed by atoms with Gasteiger partial charge in [-0.2, -0.15) is 0 Å². The van der Waals surface area contributed by atoms with Gasteiger partial charge in [0.1, 0.15) is 6.10 Å². The Morgan fingerprint density at radius 2 is 2.08 bits per heavy atom. The molecule has 2 fully saturated rings. The van der Waals surface area contributed by atoms with Gasteiger partial charge in [-0.1, -0.05) is 13.5 Å². The van der Waals surface area contributed by atoms with E-state index in [-0.39, 0.29) is 12.0 Å². The second-order valence-electron chi connectivity index (χ2n) is 3.26. The van der Waals surface area contributed by atoms with Crippen molar-refractivity contribution in [3.8, 4) is 0 Å². The van der Waals surface area contributed by atoms with Crippen LogP contribution in [0.15, 0.2) is 12.2 Å². The van der Waals surface area contributed by atoms with Crippen molar-refractivity contribution < 1.29 is 19.1 Å². The van der Waals surface area contributed by atoms with Crippen molar-refractivity contribution in [1.82, 2.24) is 0 Å². The monoisotopic (exact) mass is 182 g/mol. The smallest absolute Gasteiger partial charge is 0.348 e. The molecule has 0 aliphatic carbocycles. The normalized spacial score (nSPS) is 37.3. The van der Waals surface area contributed by atoms with E-state index in [9.17, 15) is 9.59 Å². The van der Waals surface area contributed by atoms with Gasteiger partial charge in [0.15, 0.2) is 0 Å². The molecule has 2 aliphatic heterocycles. The quantitative estimate of drug-likeness (QED) is 0.435. The predicted octanol–water partition coefficient (Wildman–Crippen LogP) is 0.420. The molecule has 0 saturated carbocycles. The first kappa shape index (κ1) is 8.29. The van der Waals surface area contributed by atoms with E-state index in [2.05, 4.69) is 6.58 Å². The number of carbonyl (C=O) groups is 2. The molecule has 0 spiro atoms. The summed E-state index contributed by atoms with van der Waals surface area (Å²) in [5.74, 6) is -1.17. The SMILES string of the molecule is C=C1C(=O)O[C@H]2C(=O)O[C@H](CC)[C@@H]12. The van der Waals surface area contributed by atoms with Crippen molar-refractivity contribution in [3.05, 3.63) is 12.2 Å². The highest BCUT2D eigenvalue weighted by atomic mass is 16.6. The summed E-state index contributed by atoms with van der Waals surface area (Å²) in [6, 6.07) is 0. The van der Waals surface area contributed by atoms with E-state index < -0.39 is 18.0 Å². The number of ether oxygens (including phenoxy) is 2. The molecule has 13 heavy (non-hydrogen) atoms. The number of carbonyl (C=O) groups excluding carboxylic acids is 2. The van der Waals surface area contributed by atoms with Crippen LogP contribution in [-0.2, 0) is 19.1 Å². The zero-order chi connectivity index (χ0) is 9.59. The summed E-state index contributed by atoms with van der Waals surface area (Å²) in [5.41, 5.74) is 0.364. The summed E-state index contributed by atoms with van der Waals surface area (Å²) in [6.45, 7) is 5.50. The summed E-state index contributed by atoms with van der Waals surface area (Å²) < 4.78 is 9.85. The van der Waals surface area contributed by atoms with Crippen LogP contribution in [0.25, 0.3) is 0 Å². The van der Waals surface area contributed by atoms with Gasteiger partial charge in [-0.3, -0.25) is 0 Å². The van der Waals surface area contributed by atoms with Gasteiger partial charge in [0, 0.05) is 5.57 Å². The third kappa shape index (κ3) is 0.978. The number of rotatable bonds is 1. The van der Waals surface area contributed by atoms with Gasteiger partial charge < -0.3 is 9.47 Å². The number of cyclic esters (lactones) is 1. The van der Waals surface area contributed by atoms with Gasteiger partial charge in [-0.25, -0.2) is 9.59 Å². The molecular formula is C9H10O4. The molecule has 0 bridgehead atoms. The molecule has 3 atom stereocenters. The molecule has 0 amide bonds. The van der Waals surface area contributed by atoms with Crippen molar-refractivity contribution in [2.45, 2.75) is 25.6 Å². The molecule has 0 unspecified atom stereocenters. The van der Waals surface area contributed by atoms with Crippen LogP contribution < -0.4 is 0 Å². The van der Waals surface area contributed by atoms with Crippen molar-refractivity contribution in [3.63, 3.8) is 0 Å². The fraction of sp³-hybridized carbons (Fsp3) is 0.556. The van der Waals surface area contributed by atoms with Crippen molar-refractivity contribution in [2.75, 3.05) is 0 Å². The van der Waals surface area contributed by atoms with Crippen LogP contribution in [-0.4, -0.2) is 24.1 Å². The molecule has 0 N–H and O–H groups in total. The van der Waals surface area contributed by atoms with Gasteiger partial charge in [-0.15, -0.1) is 0 Å². The highest BCUT2D eigenvalue weighted by Crippen LogP contribution is 2.38. The van der Waals surface area contributed by atoms with E-state index in [4.69, 9.17) is 9.47 Å². The van der Waals surface area contributed by atoms with Crippen LogP contribution in [0.5, 0.6) is 0 Å². The van der Waals surface area contributed by atoms with Gasteiger partial charge in [0.2, 0.25) is 6.10 Å². The minimum Gasteiger partial charge on any atom is -0.459 e. The molecule has 0 aromatic rings. The van der Waals surface area contributed by atoms with E-state index in [1.165, 1.54) is 0 Å². The number of fused-ring (bicyclic) bond motifs is 1. The van der Waals surface area contributed by atoms with Crippen LogP contribution in [0.3, 0.4) is 0 Å². The molecule has 70 valence electrons. The molecule has 2 rings (SSSR count). The lowest BCUT2D eigenvalue weighted by molar-refractivity contribution is -0.156. The zero-order valence-corrected chi connectivity index (χ0v) is 7.28. The highest BCUT2D eigenvalue weighted by Gasteiger charge is 2.54. The molecule has 0 radical (unpaired) electrons. The van der Waals surface area contributed by atoms with E-state index >= 15 is 0 Å². The standard InChI is InChI=1S/C9H10O4/c1-3-5-6-4(2)8(10)13-7(6)9(11)12-5/h5-7H,2-3H2,1H3/t5-,6-,7-/m1/s1. The zero-order valence-electron chi connectivity index (χ0n) is 7.28.